The molecule has 1 saturated carbocycles. The van der Waals surface area contributed by atoms with E-state index in [4.69, 9.17) is 15.2 Å². The van der Waals surface area contributed by atoms with Crippen LogP contribution in [0.5, 0.6) is 11.5 Å². The average molecular weight is 221 g/mol. The molecule has 1 fully saturated rings. The summed E-state index contributed by atoms with van der Waals surface area (Å²) in [7, 11) is 3.39. The molecule has 1 aromatic carbocycles. The number of methoxy groups -OCH3 is 2. The van der Waals surface area contributed by atoms with Crippen molar-refractivity contribution in [3.63, 3.8) is 0 Å². The third kappa shape index (κ3) is 1.87. The van der Waals surface area contributed by atoms with Crippen LogP contribution in [0.3, 0.4) is 0 Å². The molecule has 0 amide bonds. The topological polar surface area (TPSA) is 44.5 Å². The van der Waals surface area contributed by atoms with E-state index >= 15 is 0 Å². The average Bonchev–Trinajstić information content (AvgIpc) is 3.08. The van der Waals surface area contributed by atoms with Crippen molar-refractivity contribution in [1.29, 1.82) is 0 Å². The molecule has 1 aliphatic rings. The fraction of sp³-hybridized carbons (Fsp3) is 0.538. The van der Waals surface area contributed by atoms with Crippen molar-refractivity contribution in [2.75, 3.05) is 20.8 Å². The molecule has 88 valence electrons. The smallest absolute Gasteiger partial charge is 0.125 e. The molecular formula is C13H19NO2. The van der Waals surface area contributed by atoms with E-state index in [1.54, 1.807) is 14.2 Å². The SMILES string of the molecule is COc1cc(C2CC2CN)cc(OC)c1C. The monoisotopic (exact) mass is 221 g/mol. The zero-order valence-corrected chi connectivity index (χ0v) is 10.1. The zero-order chi connectivity index (χ0) is 11.7. The van der Waals surface area contributed by atoms with Crippen molar-refractivity contribution >= 4 is 0 Å². The maximum atomic E-state index is 5.67. The van der Waals surface area contributed by atoms with Crippen LogP contribution in [0.1, 0.15) is 23.5 Å². The lowest BCUT2D eigenvalue weighted by molar-refractivity contribution is 0.388. The zero-order valence-electron chi connectivity index (χ0n) is 10.1. The first kappa shape index (κ1) is 11.3. The molecule has 0 aromatic heterocycles. The normalized spacial score (nSPS) is 23.0. The lowest BCUT2D eigenvalue weighted by Gasteiger charge is -2.12. The fourth-order valence-electron chi connectivity index (χ4n) is 2.24. The quantitative estimate of drug-likeness (QED) is 0.846. The standard InChI is InChI=1S/C13H19NO2/c1-8-12(15-2)5-9(6-13(8)16-3)11-4-10(11)7-14/h5-6,10-11H,4,7,14H2,1-3H3. The van der Waals surface area contributed by atoms with Crippen molar-refractivity contribution in [3.05, 3.63) is 23.3 Å². The van der Waals surface area contributed by atoms with E-state index in [-0.39, 0.29) is 0 Å². The molecule has 0 radical (unpaired) electrons. The highest BCUT2D eigenvalue weighted by Gasteiger charge is 2.37. The molecule has 0 bridgehead atoms. The summed E-state index contributed by atoms with van der Waals surface area (Å²) >= 11 is 0. The summed E-state index contributed by atoms with van der Waals surface area (Å²) in [6.45, 7) is 2.78. The molecule has 3 heteroatoms. The van der Waals surface area contributed by atoms with Gasteiger partial charge in [-0.2, -0.15) is 0 Å². The van der Waals surface area contributed by atoms with Crippen LogP contribution in [0.2, 0.25) is 0 Å². The lowest BCUT2D eigenvalue weighted by atomic mass is 10.0. The molecule has 0 spiro atoms. The predicted octanol–water partition coefficient (Wildman–Crippen LogP) is 2.07. The van der Waals surface area contributed by atoms with Crippen LogP contribution in [0.25, 0.3) is 0 Å². The summed E-state index contributed by atoms with van der Waals surface area (Å²) in [4.78, 5) is 0. The molecule has 0 aliphatic heterocycles. The van der Waals surface area contributed by atoms with Crippen LogP contribution < -0.4 is 15.2 Å². The Morgan fingerprint density at radius 3 is 2.19 bits per heavy atom. The van der Waals surface area contributed by atoms with Gasteiger partial charge in [-0.05, 0) is 49.4 Å². The van der Waals surface area contributed by atoms with Crippen LogP contribution in [0, 0.1) is 12.8 Å². The number of rotatable bonds is 4. The lowest BCUT2D eigenvalue weighted by Crippen LogP contribution is -2.02. The summed E-state index contributed by atoms with van der Waals surface area (Å²) in [6, 6.07) is 4.22. The maximum Gasteiger partial charge on any atom is 0.125 e. The van der Waals surface area contributed by atoms with E-state index in [9.17, 15) is 0 Å². The second-order valence-corrected chi connectivity index (χ2v) is 4.39. The molecular weight excluding hydrogens is 202 g/mol. The first-order chi connectivity index (χ1) is 7.71. The first-order valence-corrected chi connectivity index (χ1v) is 5.63. The Hall–Kier alpha value is -1.22. The number of ether oxygens (including phenoxy) is 2. The maximum absolute atomic E-state index is 5.67. The highest BCUT2D eigenvalue weighted by molar-refractivity contribution is 5.49. The van der Waals surface area contributed by atoms with E-state index in [1.165, 1.54) is 12.0 Å². The van der Waals surface area contributed by atoms with Gasteiger partial charge in [0.25, 0.3) is 0 Å². The Morgan fingerprint density at radius 2 is 1.81 bits per heavy atom. The molecule has 3 nitrogen and oxygen atoms in total. The summed E-state index contributed by atoms with van der Waals surface area (Å²) in [5.41, 5.74) is 8.01. The third-order valence-electron chi connectivity index (χ3n) is 3.43. The van der Waals surface area contributed by atoms with Crippen molar-refractivity contribution in [1.82, 2.24) is 0 Å². The summed E-state index contributed by atoms with van der Waals surface area (Å²) in [6.07, 6.45) is 1.19. The van der Waals surface area contributed by atoms with Crippen molar-refractivity contribution in [2.24, 2.45) is 11.7 Å². The Morgan fingerprint density at radius 1 is 1.25 bits per heavy atom. The van der Waals surface area contributed by atoms with Crippen LogP contribution in [0.4, 0.5) is 0 Å². The van der Waals surface area contributed by atoms with Gasteiger partial charge in [-0.25, -0.2) is 0 Å². The number of hydrogen-bond acceptors (Lipinski definition) is 3. The van der Waals surface area contributed by atoms with Gasteiger partial charge >= 0.3 is 0 Å². The molecule has 0 heterocycles. The molecule has 1 aromatic rings. The van der Waals surface area contributed by atoms with Gasteiger partial charge in [-0.3, -0.25) is 0 Å². The van der Waals surface area contributed by atoms with E-state index in [1.807, 2.05) is 6.92 Å². The molecule has 16 heavy (non-hydrogen) atoms. The van der Waals surface area contributed by atoms with Gasteiger partial charge < -0.3 is 15.2 Å². The van der Waals surface area contributed by atoms with Crippen LogP contribution in [-0.2, 0) is 0 Å². The van der Waals surface area contributed by atoms with E-state index in [2.05, 4.69) is 12.1 Å². The van der Waals surface area contributed by atoms with Gasteiger partial charge in [0.1, 0.15) is 11.5 Å². The summed E-state index contributed by atoms with van der Waals surface area (Å²) in [5.74, 6) is 3.03. The van der Waals surface area contributed by atoms with Crippen LogP contribution >= 0.6 is 0 Å². The van der Waals surface area contributed by atoms with E-state index < -0.39 is 0 Å². The second kappa shape index (κ2) is 4.34. The van der Waals surface area contributed by atoms with Gasteiger partial charge in [-0.15, -0.1) is 0 Å². The summed E-state index contributed by atoms with van der Waals surface area (Å²) < 4.78 is 10.7. The second-order valence-electron chi connectivity index (χ2n) is 4.39. The van der Waals surface area contributed by atoms with Gasteiger partial charge in [0.15, 0.2) is 0 Å². The van der Waals surface area contributed by atoms with Crippen LogP contribution in [0.15, 0.2) is 12.1 Å². The van der Waals surface area contributed by atoms with Gasteiger partial charge in [0.05, 0.1) is 14.2 Å². The minimum atomic E-state index is 0.591. The highest BCUT2D eigenvalue weighted by atomic mass is 16.5. The van der Waals surface area contributed by atoms with Gasteiger partial charge in [0, 0.05) is 5.56 Å². The Labute approximate surface area is 96.5 Å². The third-order valence-corrected chi connectivity index (χ3v) is 3.43. The fourth-order valence-corrected chi connectivity index (χ4v) is 2.24. The largest absolute Gasteiger partial charge is 0.496 e. The van der Waals surface area contributed by atoms with Gasteiger partial charge in [0.2, 0.25) is 0 Å². The minimum absolute atomic E-state index is 0.591. The molecule has 1 aliphatic carbocycles. The van der Waals surface area contributed by atoms with Crippen molar-refractivity contribution < 1.29 is 9.47 Å². The van der Waals surface area contributed by atoms with Crippen molar-refractivity contribution in [2.45, 2.75) is 19.3 Å². The van der Waals surface area contributed by atoms with E-state index in [0.29, 0.717) is 11.8 Å². The Balaban J connectivity index is 2.33. The predicted molar refractivity (Wildman–Crippen MR) is 64.2 cm³/mol. The van der Waals surface area contributed by atoms with Crippen LogP contribution in [-0.4, -0.2) is 20.8 Å². The number of hydrogen-bond donors (Lipinski definition) is 1. The summed E-state index contributed by atoms with van der Waals surface area (Å²) in [5, 5.41) is 0. The number of benzene rings is 1. The molecule has 2 unspecified atom stereocenters. The van der Waals surface area contributed by atoms with Crippen molar-refractivity contribution in [3.8, 4) is 11.5 Å². The molecule has 2 rings (SSSR count). The molecule has 2 atom stereocenters. The Bertz CT molecular complexity index is 365. The van der Waals surface area contributed by atoms with E-state index in [0.717, 1.165) is 23.6 Å². The van der Waals surface area contributed by atoms with Gasteiger partial charge in [-0.1, -0.05) is 0 Å². The minimum Gasteiger partial charge on any atom is -0.496 e. The Kier molecular flexibility index (Phi) is 3.06. The number of nitrogens with two attached hydrogens (primary N) is 1. The molecule has 0 saturated heterocycles. The molecule has 2 N–H and O–H groups in total. The first-order valence-electron chi connectivity index (χ1n) is 5.63. The highest BCUT2D eigenvalue weighted by Crippen LogP contribution is 2.48.